The van der Waals surface area contributed by atoms with Crippen molar-refractivity contribution in [2.45, 2.75) is 20.8 Å². The molecule has 0 aliphatic heterocycles. The van der Waals surface area contributed by atoms with Gasteiger partial charge in [-0.3, -0.25) is 4.79 Å². The Bertz CT molecular complexity index is 678. The highest BCUT2D eigenvalue weighted by molar-refractivity contribution is 7.80. The molecule has 0 fully saturated rings. The van der Waals surface area contributed by atoms with Crippen LogP contribution in [0.25, 0.3) is 0 Å². The fraction of sp³-hybridized carbons (Fsp3) is 0.176. The Morgan fingerprint density at radius 1 is 1.00 bits per heavy atom. The minimum Gasteiger partial charge on any atom is -0.332 e. The monoisotopic (exact) mass is 298 g/mol. The van der Waals surface area contributed by atoms with E-state index in [0.717, 1.165) is 11.4 Å². The predicted octanol–water partition coefficient (Wildman–Crippen LogP) is 4.31. The van der Waals surface area contributed by atoms with Gasteiger partial charge in [-0.1, -0.05) is 12.1 Å². The van der Waals surface area contributed by atoms with Crippen molar-refractivity contribution in [1.82, 2.24) is 0 Å². The van der Waals surface area contributed by atoms with Gasteiger partial charge in [-0.25, -0.2) is 0 Å². The number of rotatable bonds is 3. The van der Waals surface area contributed by atoms with E-state index >= 15 is 0 Å². The molecule has 21 heavy (non-hydrogen) atoms. The van der Waals surface area contributed by atoms with E-state index in [1.165, 1.54) is 11.1 Å². The summed E-state index contributed by atoms with van der Waals surface area (Å²) in [6.07, 6.45) is 0. The van der Waals surface area contributed by atoms with Gasteiger partial charge in [-0.2, -0.15) is 0 Å². The molecule has 0 aromatic heterocycles. The number of Topliss-reactive ketones (excluding diaryl/α,β-unsaturated/α-hetero) is 1. The quantitative estimate of drug-likeness (QED) is 0.654. The standard InChI is InChI=1S/C17H18N2OS/c1-11-5-4-6-16(12(11)2)19-17(21)18-15-9-7-14(8-10-15)13(3)20/h4-10H,1-3H3,(H2,18,19,21). The van der Waals surface area contributed by atoms with Crippen LogP contribution < -0.4 is 10.6 Å². The molecule has 0 unspecified atom stereocenters. The van der Waals surface area contributed by atoms with Crippen LogP contribution in [-0.2, 0) is 0 Å². The van der Waals surface area contributed by atoms with Gasteiger partial charge in [0.1, 0.15) is 0 Å². The number of ketones is 1. The van der Waals surface area contributed by atoms with Crippen LogP contribution in [0.5, 0.6) is 0 Å². The third-order valence-corrected chi connectivity index (χ3v) is 3.61. The summed E-state index contributed by atoms with van der Waals surface area (Å²) in [6.45, 7) is 5.68. The summed E-state index contributed by atoms with van der Waals surface area (Å²) in [5.74, 6) is 0.0534. The molecular formula is C17H18N2OS. The number of carbonyl (C=O) groups excluding carboxylic acids is 1. The largest absolute Gasteiger partial charge is 0.332 e. The molecule has 0 atom stereocenters. The second-order valence-corrected chi connectivity index (χ2v) is 5.37. The fourth-order valence-corrected chi connectivity index (χ4v) is 2.19. The molecular weight excluding hydrogens is 280 g/mol. The van der Waals surface area contributed by atoms with Crippen LogP contribution >= 0.6 is 12.2 Å². The van der Waals surface area contributed by atoms with Crippen molar-refractivity contribution in [3.8, 4) is 0 Å². The molecule has 4 heteroatoms. The highest BCUT2D eigenvalue weighted by Gasteiger charge is 2.04. The molecule has 2 rings (SSSR count). The molecule has 2 N–H and O–H groups in total. The van der Waals surface area contributed by atoms with E-state index in [9.17, 15) is 4.79 Å². The lowest BCUT2D eigenvalue weighted by molar-refractivity contribution is 0.101. The van der Waals surface area contributed by atoms with Crippen LogP contribution in [-0.4, -0.2) is 10.9 Å². The minimum atomic E-state index is 0.0534. The van der Waals surface area contributed by atoms with Crippen LogP contribution in [0.1, 0.15) is 28.4 Å². The number of thiocarbonyl (C=S) groups is 1. The first-order valence-electron chi connectivity index (χ1n) is 6.72. The number of hydrogen-bond donors (Lipinski definition) is 2. The maximum atomic E-state index is 11.2. The van der Waals surface area contributed by atoms with E-state index in [1.54, 1.807) is 19.1 Å². The van der Waals surface area contributed by atoms with Crippen molar-refractivity contribution in [1.29, 1.82) is 0 Å². The zero-order chi connectivity index (χ0) is 15.4. The molecule has 0 bridgehead atoms. The molecule has 0 aliphatic rings. The van der Waals surface area contributed by atoms with E-state index in [4.69, 9.17) is 12.2 Å². The predicted molar refractivity (Wildman–Crippen MR) is 92.2 cm³/mol. The van der Waals surface area contributed by atoms with E-state index in [1.807, 2.05) is 24.3 Å². The Morgan fingerprint density at radius 3 is 2.29 bits per heavy atom. The molecule has 0 heterocycles. The number of hydrogen-bond acceptors (Lipinski definition) is 2. The van der Waals surface area contributed by atoms with Crippen molar-refractivity contribution in [3.63, 3.8) is 0 Å². The van der Waals surface area contributed by atoms with Crippen molar-refractivity contribution < 1.29 is 4.79 Å². The molecule has 108 valence electrons. The van der Waals surface area contributed by atoms with E-state index in [2.05, 4.69) is 30.5 Å². The molecule has 0 saturated heterocycles. The smallest absolute Gasteiger partial charge is 0.175 e. The topological polar surface area (TPSA) is 41.1 Å². The van der Waals surface area contributed by atoms with Crippen molar-refractivity contribution in [3.05, 3.63) is 59.2 Å². The van der Waals surface area contributed by atoms with Crippen molar-refractivity contribution in [2.24, 2.45) is 0 Å². The second-order valence-electron chi connectivity index (χ2n) is 4.96. The Kier molecular flexibility index (Phi) is 4.70. The zero-order valence-corrected chi connectivity index (χ0v) is 13.2. The van der Waals surface area contributed by atoms with E-state index < -0.39 is 0 Å². The van der Waals surface area contributed by atoms with Crippen molar-refractivity contribution >= 4 is 34.5 Å². The normalized spacial score (nSPS) is 10.0. The molecule has 2 aromatic carbocycles. The van der Waals surface area contributed by atoms with E-state index in [-0.39, 0.29) is 5.78 Å². The number of benzene rings is 2. The van der Waals surface area contributed by atoms with Gasteiger partial charge in [-0.15, -0.1) is 0 Å². The SMILES string of the molecule is CC(=O)c1ccc(NC(=S)Nc2cccc(C)c2C)cc1. The Balaban J connectivity index is 2.04. The molecule has 0 saturated carbocycles. The lowest BCUT2D eigenvalue weighted by Crippen LogP contribution is -2.19. The van der Waals surface area contributed by atoms with Crippen molar-refractivity contribution in [2.75, 3.05) is 10.6 Å². The van der Waals surface area contributed by atoms with Gasteiger partial charge in [0.05, 0.1) is 0 Å². The average molecular weight is 298 g/mol. The number of nitrogens with one attached hydrogen (secondary N) is 2. The lowest BCUT2D eigenvalue weighted by Gasteiger charge is -2.14. The lowest BCUT2D eigenvalue weighted by atomic mass is 10.1. The third-order valence-electron chi connectivity index (χ3n) is 3.40. The highest BCUT2D eigenvalue weighted by Crippen LogP contribution is 2.18. The summed E-state index contributed by atoms with van der Waals surface area (Å²) in [6, 6.07) is 13.3. The molecule has 0 radical (unpaired) electrons. The maximum absolute atomic E-state index is 11.2. The molecule has 2 aromatic rings. The minimum absolute atomic E-state index is 0.0534. The van der Waals surface area contributed by atoms with E-state index in [0.29, 0.717) is 10.7 Å². The van der Waals surface area contributed by atoms with Gasteiger partial charge in [0, 0.05) is 16.9 Å². The summed E-state index contributed by atoms with van der Waals surface area (Å²) in [4.78, 5) is 11.2. The number of carbonyl (C=O) groups is 1. The first kappa shape index (κ1) is 15.2. The summed E-state index contributed by atoms with van der Waals surface area (Å²) < 4.78 is 0. The maximum Gasteiger partial charge on any atom is 0.175 e. The third kappa shape index (κ3) is 3.89. The van der Waals surface area contributed by atoms with Gasteiger partial charge < -0.3 is 10.6 Å². The number of anilines is 2. The molecule has 0 aliphatic carbocycles. The van der Waals surface area contributed by atoms with Crippen LogP contribution in [0.4, 0.5) is 11.4 Å². The van der Waals surface area contributed by atoms with Gasteiger partial charge >= 0.3 is 0 Å². The van der Waals surface area contributed by atoms with Crippen LogP contribution in [0.3, 0.4) is 0 Å². The van der Waals surface area contributed by atoms with Gasteiger partial charge in [0.2, 0.25) is 0 Å². The van der Waals surface area contributed by atoms with Gasteiger partial charge in [-0.05, 0) is 74.4 Å². The highest BCUT2D eigenvalue weighted by atomic mass is 32.1. The first-order chi connectivity index (χ1) is 9.97. The zero-order valence-electron chi connectivity index (χ0n) is 12.4. The molecule has 0 amide bonds. The van der Waals surface area contributed by atoms with Crippen LogP contribution in [0.2, 0.25) is 0 Å². The second kappa shape index (κ2) is 6.50. The average Bonchev–Trinajstić information content (AvgIpc) is 2.44. The Labute approximate surface area is 130 Å². The summed E-state index contributed by atoms with van der Waals surface area (Å²) in [5, 5.41) is 6.83. The summed E-state index contributed by atoms with van der Waals surface area (Å²) in [5.41, 5.74) is 4.92. The first-order valence-corrected chi connectivity index (χ1v) is 7.13. The molecule has 3 nitrogen and oxygen atoms in total. The number of aryl methyl sites for hydroxylation is 1. The Morgan fingerprint density at radius 2 is 1.67 bits per heavy atom. The van der Waals surface area contributed by atoms with Crippen LogP contribution in [0.15, 0.2) is 42.5 Å². The van der Waals surface area contributed by atoms with Crippen LogP contribution in [0, 0.1) is 13.8 Å². The summed E-state index contributed by atoms with van der Waals surface area (Å²) >= 11 is 5.32. The summed E-state index contributed by atoms with van der Waals surface area (Å²) in [7, 11) is 0. The molecule has 0 spiro atoms. The Hall–Kier alpha value is -2.20. The van der Waals surface area contributed by atoms with Gasteiger partial charge in [0.25, 0.3) is 0 Å². The van der Waals surface area contributed by atoms with Gasteiger partial charge in [0.15, 0.2) is 10.9 Å². The fourth-order valence-electron chi connectivity index (χ4n) is 1.96.